The molecule has 1 saturated heterocycles. The molecule has 0 aliphatic carbocycles. The quantitative estimate of drug-likeness (QED) is 0.661. The van der Waals surface area contributed by atoms with Crippen LogP contribution in [0.15, 0.2) is 23.7 Å². The van der Waals surface area contributed by atoms with Crippen molar-refractivity contribution in [1.82, 2.24) is 5.32 Å². The van der Waals surface area contributed by atoms with Gasteiger partial charge in [0.1, 0.15) is 0 Å². The molecule has 1 aromatic rings. The van der Waals surface area contributed by atoms with E-state index in [1.165, 1.54) is 0 Å². The minimum absolute atomic E-state index is 0.0155. The van der Waals surface area contributed by atoms with Crippen molar-refractivity contribution in [2.75, 3.05) is 5.75 Å². The smallest absolute Gasteiger partial charge is 0.400 e. The van der Waals surface area contributed by atoms with Crippen LogP contribution in [-0.2, 0) is 15.9 Å². The fraction of sp³-hybridized carbons (Fsp3) is 0.471. The molecule has 1 amide bonds. The van der Waals surface area contributed by atoms with Crippen LogP contribution < -0.4 is 5.32 Å². The second kappa shape index (κ2) is 5.69. The fourth-order valence-corrected chi connectivity index (χ4v) is 2.96. The van der Waals surface area contributed by atoms with E-state index in [4.69, 9.17) is 9.31 Å². The van der Waals surface area contributed by atoms with Gasteiger partial charge < -0.3 is 14.6 Å². The Morgan fingerprint density at radius 2 is 1.96 bits per heavy atom. The molecule has 3 rings (SSSR count). The van der Waals surface area contributed by atoms with Crippen LogP contribution in [-0.4, -0.2) is 30.0 Å². The SMILES string of the molecule is CC1(C)OB(C(=Cc2ccc3c(c2)C(=O)NC3)CS)OC1(C)C. The maximum Gasteiger partial charge on any atom is 0.491 e. The van der Waals surface area contributed by atoms with E-state index in [1.807, 2.05) is 52.0 Å². The first-order chi connectivity index (χ1) is 10.7. The Labute approximate surface area is 143 Å². The van der Waals surface area contributed by atoms with Gasteiger partial charge in [-0.15, -0.1) is 0 Å². The summed E-state index contributed by atoms with van der Waals surface area (Å²) in [5.41, 5.74) is 2.93. The lowest BCUT2D eigenvalue weighted by Gasteiger charge is -2.32. The standard InChI is InChI=1S/C17H22BNO3S/c1-16(2)17(3,4)22-18(21-16)13(10-23)7-11-5-6-12-9-19-15(20)14(12)8-11/h5-8,23H,9-10H2,1-4H3,(H,19,20). The fourth-order valence-electron chi connectivity index (χ4n) is 2.72. The average molecular weight is 331 g/mol. The van der Waals surface area contributed by atoms with E-state index in [-0.39, 0.29) is 17.1 Å². The first kappa shape index (κ1) is 16.6. The number of amides is 1. The Bertz CT molecular complexity index is 668. The van der Waals surface area contributed by atoms with Crippen LogP contribution in [0.4, 0.5) is 0 Å². The molecule has 2 heterocycles. The van der Waals surface area contributed by atoms with Gasteiger partial charge in [0, 0.05) is 17.9 Å². The van der Waals surface area contributed by atoms with Gasteiger partial charge >= 0.3 is 7.12 Å². The molecule has 23 heavy (non-hydrogen) atoms. The Kier molecular flexibility index (Phi) is 4.11. The Morgan fingerprint density at radius 3 is 2.57 bits per heavy atom. The van der Waals surface area contributed by atoms with E-state index in [2.05, 4.69) is 17.9 Å². The highest BCUT2D eigenvalue weighted by Crippen LogP contribution is 2.39. The second-order valence-electron chi connectivity index (χ2n) is 7.06. The highest BCUT2D eigenvalue weighted by molar-refractivity contribution is 7.80. The van der Waals surface area contributed by atoms with E-state index in [0.717, 1.165) is 22.2 Å². The van der Waals surface area contributed by atoms with Crippen LogP contribution in [0.25, 0.3) is 6.08 Å². The van der Waals surface area contributed by atoms with Crippen LogP contribution in [0.1, 0.15) is 49.2 Å². The monoisotopic (exact) mass is 331 g/mol. The topological polar surface area (TPSA) is 47.6 Å². The van der Waals surface area contributed by atoms with Crippen molar-refractivity contribution in [2.24, 2.45) is 0 Å². The van der Waals surface area contributed by atoms with E-state index in [9.17, 15) is 4.79 Å². The number of hydrogen-bond acceptors (Lipinski definition) is 4. The normalized spacial score (nSPS) is 22.2. The molecule has 0 saturated carbocycles. The molecule has 1 aromatic carbocycles. The highest BCUT2D eigenvalue weighted by atomic mass is 32.1. The lowest BCUT2D eigenvalue weighted by atomic mass is 9.78. The van der Waals surface area contributed by atoms with E-state index >= 15 is 0 Å². The Morgan fingerprint density at radius 1 is 1.30 bits per heavy atom. The van der Waals surface area contributed by atoms with Gasteiger partial charge in [0.25, 0.3) is 5.91 Å². The average Bonchev–Trinajstić information content (AvgIpc) is 2.94. The number of carbonyl (C=O) groups excluding carboxylic acids is 1. The van der Waals surface area contributed by atoms with Crippen molar-refractivity contribution >= 4 is 31.7 Å². The molecule has 4 nitrogen and oxygen atoms in total. The maximum atomic E-state index is 11.8. The summed E-state index contributed by atoms with van der Waals surface area (Å²) in [6, 6.07) is 5.90. The largest absolute Gasteiger partial charge is 0.491 e. The van der Waals surface area contributed by atoms with Gasteiger partial charge in [0.15, 0.2) is 0 Å². The van der Waals surface area contributed by atoms with Crippen molar-refractivity contribution in [3.05, 3.63) is 40.4 Å². The van der Waals surface area contributed by atoms with Gasteiger partial charge in [-0.2, -0.15) is 12.6 Å². The summed E-state index contributed by atoms with van der Waals surface area (Å²) in [5, 5.41) is 2.83. The zero-order valence-corrected chi connectivity index (χ0v) is 14.9. The molecule has 2 aliphatic heterocycles. The highest BCUT2D eigenvalue weighted by Gasteiger charge is 2.52. The number of thiol groups is 1. The minimum Gasteiger partial charge on any atom is -0.400 e. The first-order valence-corrected chi connectivity index (χ1v) is 8.45. The zero-order chi connectivity index (χ0) is 16.8. The van der Waals surface area contributed by atoms with E-state index < -0.39 is 7.12 Å². The summed E-state index contributed by atoms with van der Waals surface area (Å²) in [7, 11) is -0.417. The molecule has 0 bridgehead atoms. The molecule has 1 N–H and O–H groups in total. The number of rotatable bonds is 3. The van der Waals surface area contributed by atoms with Gasteiger partial charge in [-0.1, -0.05) is 18.2 Å². The number of fused-ring (bicyclic) bond motifs is 1. The number of carbonyl (C=O) groups is 1. The summed E-state index contributed by atoms with van der Waals surface area (Å²) >= 11 is 4.43. The van der Waals surface area contributed by atoms with Gasteiger partial charge in [-0.25, -0.2) is 0 Å². The van der Waals surface area contributed by atoms with Gasteiger partial charge in [-0.3, -0.25) is 4.79 Å². The van der Waals surface area contributed by atoms with Gasteiger partial charge in [-0.05, 0) is 50.4 Å². The van der Waals surface area contributed by atoms with Crippen LogP contribution >= 0.6 is 12.6 Å². The third-order valence-corrected chi connectivity index (χ3v) is 5.27. The molecule has 0 spiro atoms. The van der Waals surface area contributed by atoms with Crippen LogP contribution in [0.3, 0.4) is 0 Å². The van der Waals surface area contributed by atoms with Crippen LogP contribution in [0.5, 0.6) is 0 Å². The number of hydrogen-bond donors (Lipinski definition) is 2. The summed E-state index contributed by atoms with van der Waals surface area (Å²) < 4.78 is 12.2. The number of benzene rings is 1. The van der Waals surface area contributed by atoms with E-state index in [1.54, 1.807) is 0 Å². The molecular formula is C17H22BNO3S. The third kappa shape index (κ3) is 2.95. The zero-order valence-electron chi connectivity index (χ0n) is 14.0. The summed E-state index contributed by atoms with van der Waals surface area (Å²) in [6.45, 7) is 8.73. The van der Waals surface area contributed by atoms with Gasteiger partial charge in [0.05, 0.1) is 11.2 Å². The van der Waals surface area contributed by atoms with Crippen molar-refractivity contribution in [2.45, 2.75) is 45.4 Å². The molecule has 0 aromatic heterocycles. The van der Waals surface area contributed by atoms with Gasteiger partial charge in [0.2, 0.25) is 0 Å². The Balaban J connectivity index is 1.89. The van der Waals surface area contributed by atoms with Crippen molar-refractivity contribution in [3.63, 3.8) is 0 Å². The molecule has 0 atom stereocenters. The molecule has 0 unspecified atom stereocenters. The summed E-state index contributed by atoms with van der Waals surface area (Å²) in [4.78, 5) is 11.8. The molecular weight excluding hydrogens is 309 g/mol. The summed E-state index contributed by atoms with van der Waals surface area (Å²) in [6.07, 6.45) is 2.00. The van der Waals surface area contributed by atoms with Crippen LogP contribution in [0.2, 0.25) is 0 Å². The van der Waals surface area contributed by atoms with Crippen LogP contribution in [0, 0.1) is 0 Å². The number of nitrogens with one attached hydrogen (secondary N) is 1. The molecule has 0 radical (unpaired) electrons. The summed E-state index contributed by atoms with van der Waals surface area (Å²) in [5.74, 6) is 0.512. The molecule has 2 aliphatic rings. The predicted octanol–water partition coefficient (Wildman–Crippen LogP) is 2.87. The van der Waals surface area contributed by atoms with E-state index in [0.29, 0.717) is 12.3 Å². The lowest BCUT2D eigenvalue weighted by molar-refractivity contribution is 0.00578. The van der Waals surface area contributed by atoms with Crippen molar-refractivity contribution in [3.8, 4) is 0 Å². The lowest BCUT2D eigenvalue weighted by Crippen LogP contribution is -2.41. The third-order valence-electron chi connectivity index (χ3n) is 4.91. The first-order valence-electron chi connectivity index (χ1n) is 7.81. The Hall–Kier alpha value is -1.24. The van der Waals surface area contributed by atoms with Crippen molar-refractivity contribution in [1.29, 1.82) is 0 Å². The molecule has 1 fully saturated rings. The predicted molar refractivity (Wildman–Crippen MR) is 95.5 cm³/mol. The maximum absolute atomic E-state index is 11.8. The van der Waals surface area contributed by atoms with Crippen molar-refractivity contribution < 1.29 is 14.1 Å². The molecule has 6 heteroatoms. The molecule has 122 valence electrons. The minimum atomic E-state index is -0.417. The second-order valence-corrected chi connectivity index (χ2v) is 7.38.